The summed E-state index contributed by atoms with van der Waals surface area (Å²) in [6.45, 7) is 2.35. The Morgan fingerprint density at radius 2 is 2.15 bits per heavy atom. The van der Waals surface area contributed by atoms with Crippen molar-refractivity contribution < 1.29 is 14.2 Å². The largest absolute Gasteiger partial charge is 0.404 e. The second-order valence-corrected chi connectivity index (χ2v) is 7.16. The van der Waals surface area contributed by atoms with Crippen molar-refractivity contribution >= 4 is 27.7 Å². The minimum absolute atomic E-state index is 0.0671. The van der Waals surface area contributed by atoms with Gasteiger partial charge in [0.2, 0.25) is 0 Å². The molecule has 0 atom stereocenters. The van der Waals surface area contributed by atoms with Crippen molar-refractivity contribution in [1.82, 2.24) is 25.2 Å². The van der Waals surface area contributed by atoms with E-state index in [2.05, 4.69) is 36.5 Å². The molecule has 1 amide bonds. The second kappa shape index (κ2) is 7.94. The molecule has 2 heterocycles. The van der Waals surface area contributed by atoms with E-state index < -0.39 is 10.8 Å². The van der Waals surface area contributed by atoms with E-state index in [-0.39, 0.29) is 24.1 Å². The molecule has 1 fully saturated rings. The van der Waals surface area contributed by atoms with Gasteiger partial charge < -0.3 is 20.0 Å². The first kappa shape index (κ1) is 18.5. The smallest absolute Gasteiger partial charge is 0.358 e. The first-order valence-electron chi connectivity index (χ1n) is 8.43. The quantitative estimate of drug-likeness (QED) is 0.554. The van der Waals surface area contributed by atoms with Crippen LogP contribution in [0, 0.1) is 23.0 Å². The van der Waals surface area contributed by atoms with Gasteiger partial charge in [0.15, 0.2) is 5.82 Å². The second-order valence-electron chi connectivity index (χ2n) is 6.37. The van der Waals surface area contributed by atoms with E-state index in [9.17, 15) is 14.9 Å². The molecule has 10 nitrogen and oxygen atoms in total. The predicted octanol–water partition coefficient (Wildman–Crippen LogP) is 2.60. The van der Waals surface area contributed by atoms with Crippen LogP contribution in [-0.4, -0.2) is 37.3 Å². The highest BCUT2D eigenvalue weighted by atomic mass is 79.9. The molecule has 11 heteroatoms. The lowest BCUT2D eigenvalue weighted by Crippen LogP contribution is -2.30. The summed E-state index contributed by atoms with van der Waals surface area (Å²) < 4.78 is 6.69. The molecule has 0 radical (unpaired) electrons. The van der Waals surface area contributed by atoms with Crippen molar-refractivity contribution in [1.29, 1.82) is 0 Å². The van der Waals surface area contributed by atoms with Gasteiger partial charge in [-0.3, -0.25) is 4.79 Å². The Kier molecular flexibility index (Phi) is 5.64. The maximum Gasteiger partial charge on any atom is 0.404 e. The molecular weight excluding hydrogens is 408 g/mol. The van der Waals surface area contributed by atoms with E-state index in [0.717, 1.165) is 12.8 Å². The van der Waals surface area contributed by atoms with Crippen LogP contribution >= 0.6 is 15.9 Å². The fraction of sp³-hybridized carbons (Fsp3) is 0.600. The van der Waals surface area contributed by atoms with Crippen LogP contribution in [0.15, 0.2) is 9.00 Å². The summed E-state index contributed by atoms with van der Waals surface area (Å²) in [5.41, 5.74) is 0.560. The van der Waals surface area contributed by atoms with Gasteiger partial charge in [-0.25, -0.2) is 0 Å². The van der Waals surface area contributed by atoms with E-state index in [1.807, 2.05) is 0 Å². The zero-order valence-electron chi connectivity index (χ0n) is 14.3. The molecule has 1 aliphatic carbocycles. The summed E-state index contributed by atoms with van der Waals surface area (Å²) in [7, 11) is 0. The number of nitro groups is 1. The minimum Gasteiger partial charge on any atom is -0.358 e. The number of hydrogen-bond acceptors (Lipinski definition) is 7. The van der Waals surface area contributed by atoms with Crippen molar-refractivity contribution in [2.24, 2.45) is 5.92 Å². The summed E-state index contributed by atoms with van der Waals surface area (Å²) in [6.07, 6.45) is 5.92. The van der Waals surface area contributed by atoms with Crippen LogP contribution in [-0.2, 0) is 6.54 Å². The maximum absolute atomic E-state index is 12.1. The number of amides is 1. The summed E-state index contributed by atoms with van der Waals surface area (Å²) in [5.74, 6) is -0.0789. The van der Waals surface area contributed by atoms with Gasteiger partial charge in [0.1, 0.15) is 11.0 Å². The Morgan fingerprint density at radius 3 is 2.81 bits per heavy atom. The van der Waals surface area contributed by atoms with Crippen molar-refractivity contribution in [3.63, 3.8) is 0 Å². The topological polar surface area (TPSA) is 129 Å². The number of halogens is 1. The van der Waals surface area contributed by atoms with Crippen LogP contribution in [0.2, 0.25) is 0 Å². The Hall–Kier alpha value is -2.30. The molecule has 1 saturated carbocycles. The zero-order chi connectivity index (χ0) is 18.7. The number of nitrogens with zero attached hydrogens (tertiary/aromatic N) is 5. The van der Waals surface area contributed by atoms with Crippen LogP contribution in [0.4, 0.5) is 5.82 Å². The highest BCUT2D eigenvalue weighted by molar-refractivity contribution is 9.10. The first-order valence-corrected chi connectivity index (χ1v) is 9.23. The van der Waals surface area contributed by atoms with E-state index >= 15 is 0 Å². The Balaban J connectivity index is 1.61. The molecule has 2 aromatic heterocycles. The highest BCUT2D eigenvalue weighted by Crippen LogP contribution is 2.27. The molecule has 26 heavy (non-hydrogen) atoms. The van der Waals surface area contributed by atoms with Gasteiger partial charge in [-0.2, -0.15) is 9.67 Å². The molecule has 140 valence electrons. The van der Waals surface area contributed by atoms with Crippen molar-refractivity contribution in [3.8, 4) is 0 Å². The average Bonchev–Trinajstić information content (AvgIpc) is 3.21. The summed E-state index contributed by atoms with van der Waals surface area (Å²) >= 11 is 3.15. The van der Waals surface area contributed by atoms with Crippen molar-refractivity contribution in [2.75, 3.05) is 6.54 Å². The lowest BCUT2D eigenvalue weighted by molar-refractivity contribution is -0.390. The minimum atomic E-state index is -0.575. The van der Waals surface area contributed by atoms with Crippen LogP contribution in [0.5, 0.6) is 0 Å². The zero-order valence-corrected chi connectivity index (χ0v) is 15.9. The highest BCUT2D eigenvalue weighted by Gasteiger charge is 2.25. The molecular formula is C15H19BrN6O4. The van der Waals surface area contributed by atoms with Crippen molar-refractivity contribution in [2.45, 2.75) is 45.6 Å². The van der Waals surface area contributed by atoms with Crippen molar-refractivity contribution in [3.05, 3.63) is 32.0 Å². The molecule has 0 unspecified atom stereocenters. The Bertz CT molecular complexity index is 811. The van der Waals surface area contributed by atoms with Gasteiger partial charge >= 0.3 is 17.6 Å². The lowest BCUT2D eigenvalue weighted by atomic mass is 9.89. The molecule has 3 rings (SSSR count). The summed E-state index contributed by atoms with van der Waals surface area (Å²) in [6, 6.07) is 0. The van der Waals surface area contributed by atoms with Gasteiger partial charge in [-0.1, -0.05) is 24.4 Å². The Labute approximate surface area is 157 Å². The third-order valence-electron chi connectivity index (χ3n) is 4.52. The maximum atomic E-state index is 12.1. The van der Waals surface area contributed by atoms with Crippen LogP contribution in [0.3, 0.4) is 0 Å². The van der Waals surface area contributed by atoms with E-state index in [4.69, 9.17) is 4.52 Å². The number of rotatable bonds is 6. The predicted molar refractivity (Wildman–Crippen MR) is 93.6 cm³/mol. The molecule has 0 spiro atoms. The lowest BCUT2D eigenvalue weighted by Gasteiger charge is -2.21. The number of nitrogens with one attached hydrogen (secondary N) is 1. The molecule has 0 bridgehead atoms. The molecule has 0 saturated heterocycles. The van der Waals surface area contributed by atoms with Gasteiger partial charge in [0.05, 0.1) is 10.8 Å². The SMILES string of the molecule is Cc1c(Br)c([N+](=O)[O-])nn1Cc1noc(C(=O)NCC2CCCCC2)n1. The van der Waals surface area contributed by atoms with Crippen LogP contribution in [0.25, 0.3) is 0 Å². The normalized spacial score (nSPS) is 15.2. The van der Waals surface area contributed by atoms with Crippen LogP contribution < -0.4 is 5.32 Å². The molecule has 2 aromatic rings. The summed E-state index contributed by atoms with van der Waals surface area (Å²) in [4.78, 5) is 26.6. The first-order chi connectivity index (χ1) is 12.5. The molecule has 0 aromatic carbocycles. The average molecular weight is 427 g/mol. The number of aromatic nitrogens is 4. The molecule has 1 aliphatic rings. The van der Waals surface area contributed by atoms with Gasteiger partial charge in [-0.15, -0.1) is 0 Å². The van der Waals surface area contributed by atoms with E-state index in [0.29, 0.717) is 22.6 Å². The molecule has 1 N–H and O–H groups in total. The number of hydrogen-bond donors (Lipinski definition) is 1. The summed E-state index contributed by atoms with van der Waals surface area (Å²) in [5, 5.41) is 21.4. The number of carbonyl (C=O) groups excluding carboxylic acids is 1. The van der Waals surface area contributed by atoms with Gasteiger partial charge in [0.25, 0.3) is 0 Å². The fourth-order valence-corrected chi connectivity index (χ4v) is 3.46. The van der Waals surface area contributed by atoms with E-state index in [1.165, 1.54) is 23.9 Å². The molecule has 0 aliphatic heterocycles. The van der Waals surface area contributed by atoms with Gasteiger partial charge in [-0.05, 0) is 46.5 Å². The van der Waals surface area contributed by atoms with E-state index in [1.54, 1.807) is 6.92 Å². The monoisotopic (exact) mass is 426 g/mol. The van der Waals surface area contributed by atoms with Gasteiger partial charge in [0, 0.05) is 6.54 Å². The third kappa shape index (κ3) is 4.09. The van der Waals surface area contributed by atoms with Crippen LogP contribution in [0.1, 0.15) is 54.3 Å². The number of carbonyl (C=O) groups is 1. The standard InChI is InChI=1S/C15H19BrN6O4/c1-9-12(16)13(22(24)25)19-21(9)8-11-18-15(26-20-11)14(23)17-7-10-5-3-2-4-6-10/h10H,2-8H2,1H3,(H,17,23). The Morgan fingerprint density at radius 1 is 1.42 bits per heavy atom. The fourth-order valence-electron chi connectivity index (χ4n) is 3.03. The third-order valence-corrected chi connectivity index (χ3v) is 5.45.